The van der Waals surface area contributed by atoms with E-state index in [-0.39, 0.29) is 30.5 Å². The Morgan fingerprint density at radius 2 is 1.98 bits per heavy atom. The van der Waals surface area contributed by atoms with Crippen molar-refractivity contribution >= 4 is 22.1 Å². The van der Waals surface area contributed by atoms with Gasteiger partial charge in [-0.15, -0.1) is 10.1 Å². The Bertz CT molecular complexity index is 1430. The van der Waals surface area contributed by atoms with Crippen LogP contribution in [-0.4, -0.2) is 90.7 Å². The molecule has 1 aromatic heterocycles. The molecule has 1 saturated heterocycles. The molecular weight excluding hydrogens is 570 g/mol. The minimum absolute atomic E-state index is 0.00738. The van der Waals surface area contributed by atoms with Crippen LogP contribution < -0.4 is 15.5 Å². The van der Waals surface area contributed by atoms with E-state index in [4.69, 9.17) is 4.74 Å². The second-order valence-corrected chi connectivity index (χ2v) is 11.9. The number of carbonyl (C=O) groups excluding carboxylic acids is 1. The minimum Gasteiger partial charge on any atom is -0.493 e. The summed E-state index contributed by atoms with van der Waals surface area (Å²) in [6.45, 7) is 7.99. The largest absolute Gasteiger partial charge is 0.493 e. The van der Waals surface area contributed by atoms with Crippen molar-refractivity contribution in [1.29, 1.82) is 0 Å². The first-order valence-corrected chi connectivity index (χ1v) is 15.3. The van der Waals surface area contributed by atoms with Gasteiger partial charge < -0.3 is 25.0 Å². The van der Waals surface area contributed by atoms with Crippen molar-refractivity contribution in [3.8, 4) is 5.75 Å². The van der Waals surface area contributed by atoms with Crippen molar-refractivity contribution in [3.63, 3.8) is 0 Å². The molecule has 1 unspecified atom stereocenters. The van der Waals surface area contributed by atoms with E-state index in [1.165, 1.54) is 22.7 Å². The molecule has 0 spiro atoms. The van der Waals surface area contributed by atoms with Gasteiger partial charge in [-0.2, -0.15) is 4.31 Å². The molecular formula is C26H37N7O8S. The van der Waals surface area contributed by atoms with Gasteiger partial charge in [0.2, 0.25) is 10.0 Å². The van der Waals surface area contributed by atoms with E-state index in [2.05, 4.69) is 20.7 Å². The molecule has 0 radical (unpaired) electrons. The molecule has 230 valence electrons. The summed E-state index contributed by atoms with van der Waals surface area (Å²) in [6.07, 6.45) is 2.36. The lowest BCUT2D eigenvalue weighted by atomic mass is 10.1. The number of carbonyl (C=O) groups is 1. The average molecular weight is 608 g/mol. The summed E-state index contributed by atoms with van der Waals surface area (Å²) in [7, 11) is -3.87. The third-order valence-electron chi connectivity index (χ3n) is 7.36. The standard InChI is InChI=1S/C26H37N7O8S/c1-4-7-22-21(17-27-35)18(3)24-26(34)28-25(29-32(22)24)20-16-19(8-9-23(20)40-5-2)42(38,39)31-13-11-30(12-14-31)10-6-15-41-33(36)37/h8-9,16-17,25,29,35H,4-7,10-15H2,1-3H3,(H,28,34)/b27-17+. The molecule has 3 heterocycles. The molecule has 1 aromatic carbocycles. The van der Waals surface area contributed by atoms with E-state index < -0.39 is 21.3 Å². The highest BCUT2D eigenvalue weighted by atomic mass is 32.2. The second-order valence-electron chi connectivity index (χ2n) is 9.99. The quantitative estimate of drug-likeness (QED) is 0.0999. The predicted octanol–water partition coefficient (Wildman–Crippen LogP) is 1.85. The van der Waals surface area contributed by atoms with Crippen molar-refractivity contribution in [2.75, 3.05) is 51.4 Å². The fourth-order valence-electron chi connectivity index (χ4n) is 5.37. The normalized spacial score (nSPS) is 18.0. The van der Waals surface area contributed by atoms with Crippen LogP contribution in [0.5, 0.6) is 5.75 Å². The average Bonchev–Trinajstić information content (AvgIpc) is 3.22. The summed E-state index contributed by atoms with van der Waals surface area (Å²) < 4.78 is 36.3. The van der Waals surface area contributed by atoms with Crippen LogP contribution >= 0.6 is 0 Å². The first kappa shape index (κ1) is 31.1. The topological polar surface area (TPSA) is 181 Å². The maximum Gasteiger partial charge on any atom is 0.294 e. The van der Waals surface area contributed by atoms with Gasteiger partial charge in [-0.1, -0.05) is 18.5 Å². The summed E-state index contributed by atoms with van der Waals surface area (Å²) >= 11 is 0. The Kier molecular flexibility index (Phi) is 9.90. The van der Waals surface area contributed by atoms with Crippen molar-refractivity contribution in [3.05, 3.63) is 56.4 Å². The molecule has 4 rings (SSSR count). The zero-order valence-electron chi connectivity index (χ0n) is 23.9. The monoisotopic (exact) mass is 607 g/mol. The first-order chi connectivity index (χ1) is 20.1. The summed E-state index contributed by atoms with van der Waals surface area (Å²) in [4.78, 5) is 30.1. The number of amides is 1. The molecule has 16 heteroatoms. The van der Waals surface area contributed by atoms with Gasteiger partial charge in [0.05, 0.1) is 24.3 Å². The van der Waals surface area contributed by atoms with Crippen LogP contribution in [0.2, 0.25) is 0 Å². The van der Waals surface area contributed by atoms with Crippen molar-refractivity contribution < 1.29 is 33.1 Å². The van der Waals surface area contributed by atoms with Gasteiger partial charge in [0.1, 0.15) is 17.6 Å². The molecule has 15 nitrogen and oxygen atoms in total. The number of ether oxygens (including phenoxy) is 1. The summed E-state index contributed by atoms with van der Waals surface area (Å²) in [5, 5.41) is 24.8. The highest BCUT2D eigenvalue weighted by Gasteiger charge is 2.34. The Morgan fingerprint density at radius 3 is 2.62 bits per heavy atom. The van der Waals surface area contributed by atoms with E-state index in [1.54, 1.807) is 17.7 Å². The number of nitrogens with one attached hydrogen (secondary N) is 2. The van der Waals surface area contributed by atoms with Crippen LogP contribution in [0.25, 0.3) is 0 Å². The van der Waals surface area contributed by atoms with Gasteiger partial charge >= 0.3 is 0 Å². The first-order valence-electron chi connectivity index (χ1n) is 13.9. The van der Waals surface area contributed by atoms with Crippen LogP contribution in [-0.2, 0) is 21.3 Å². The predicted molar refractivity (Wildman–Crippen MR) is 152 cm³/mol. The number of nitrogens with zero attached hydrogens (tertiary/aromatic N) is 5. The van der Waals surface area contributed by atoms with E-state index in [1.807, 2.05) is 18.7 Å². The number of hydrogen-bond acceptors (Lipinski definition) is 11. The Labute approximate surface area is 244 Å². The molecule has 1 atom stereocenters. The molecule has 0 saturated carbocycles. The van der Waals surface area contributed by atoms with Gasteiger partial charge in [-0.3, -0.25) is 14.9 Å². The maximum atomic E-state index is 13.7. The number of rotatable bonds is 13. The highest BCUT2D eigenvalue weighted by molar-refractivity contribution is 7.89. The zero-order valence-corrected chi connectivity index (χ0v) is 24.7. The molecule has 0 aliphatic carbocycles. The molecule has 2 aromatic rings. The fraction of sp³-hybridized carbons (Fsp3) is 0.538. The lowest BCUT2D eigenvalue weighted by Crippen LogP contribution is -2.49. The number of hydrogen-bond donors (Lipinski definition) is 3. The molecule has 2 aliphatic rings. The second kappa shape index (κ2) is 13.4. The van der Waals surface area contributed by atoms with Crippen LogP contribution in [0.15, 0.2) is 28.3 Å². The number of sulfonamides is 1. The van der Waals surface area contributed by atoms with Gasteiger partial charge in [-0.25, -0.2) is 8.42 Å². The summed E-state index contributed by atoms with van der Waals surface area (Å²) in [6, 6.07) is 4.62. The van der Waals surface area contributed by atoms with E-state index in [9.17, 15) is 28.5 Å². The molecule has 1 fully saturated rings. The molecule has 2 aliphatic heterocycles. The minimum atomic E-state index is -3.87. The fourth-order valence-corrected chi connectivity index (χ4v) is 6.83. The summed E-state index contributed by atoms with van der Waals surface area (Å²) in [5.41, 5.74) is 6.21. The lowest BCUT2D eigenvalue weighted by molar-refractivity contribution is -0.757. The zero-order chi connectivity index (χ0) is 30.4. The number of piperazine rings is 1. The van der Waals surface area contributed by atoms with E-state index in [0.717, 1.165) is 12.1 Å². The van der Waals surface area contributed by atoms with Gasteiger partial charge in [0.25, 0.3) is 11.0 Å². The lowest BCUT2D eigenvalue weighted by Gasteiger charge is -2.34. The Balaban J connectivity index is 1.58. The smallest absolute Gasteiger partial charge is 0.294 e. The van der Waals surface area contributed by atoms with Crippen LogP contribution in [0.1, 0.15) is 65.7 Å². The van der Waals surface area contributed by atoms with Crippen molar-refractivity contribution in [2.24, 2.45) is 5.16 Å². The third kappa shape index (κ3) is 6.44. The Morgan fingerprint density at radius 1 is 1.24 bits per heavy atom. The number of aromatic nitrogens is 1. The van der Waals surface area contributed by atoms with E-state index in [0.29, 0.717) is 67.2 Å². The number of benzene rings is 1. The SMILES string of the molecule is CCCc1c(/C=N/O)c(C)c2n1NC(c1cc(S(=O)(=O)N3CCN(CCCO[N+](=O)[O-])CC3)ccc1OCC)NC2=O. The molecule has 0 bridgehead atoms. The van der Waals surface area contributed by atoms with Gasteiger partial charge in [0.15, 0.2) is 0 Å². The number of fused-ring (bicyclic) bond motifs is 1. The van der Waals surface area contributed by atoms with Gasteiger partial charge in [-0.05, 0) is 50.5 Å². The van der Waals surface area contributed by atoms with Crippen molar-refractivity contribution in [2.45, 2.75) is 51.1 Å². The molecule has 42 heavy (non-hydrogen) atoms. The molecule has 1 amide bonds. The number of oxime groups is 1. The Hall–Kier alpha value is -3.89. The van der Waals surface area contributed by atoms with E-state index >= 15 is 0 Å². The highest BCUT2D eigenvalue weighted by Crippen LogP contribution is 2.33. The third-order valence-corrected chi connectivity index (χ3v) is 9.26. The van der Waals surface area contributed by atoms with Crippen LogP contribution in [0.3, 0.4) is 0 Å². The van der Waals surface area contributed by atoms with Crippen LogP contribution in [0, 0.1) is 17.0 Å². The maximum absolute atomic E-state index is 13.7. The summed E-state index contributed by atoms with van der Waals surface area (Å²) in [5.74, 6) is 0.0687. The molecule has 3 N–H and O–H groups in total. The van der Waals surface area contributed by atoms with Crippen molar-refractivity contribution in [1.82, 2.24) is 19.2 Å². The van der Waals surface area contributed by atoms with Crippen LogP contribution in [0.4, 0.5) is 0 Å². The van der Waals surface area contributed by atoms with Gasteiger partial charge in [0, 0.05) is 49.5 Å².